The number of piperidine rings is 1. The highest BCUT2D eigenvalue weighted by Crippen LogP contribution is 2.30. The molecule has 1 N–H and O–H groups in total. The van der Waals surface area contributed by atoms with Crippen molar-refractivity contribution in [2.45, 2.75) is 31.6 Å². The number of carbonyl (C=O) groups is 1. The van der Waals surface area contributed by atoms with Crippen LogP contribution in [0.3, 0.4) is 0 Å². The molecule has 1 aliphatic carbocycles. The van der Waals surface area contributed by atoms with Crippen LogP contribution in [0.15, 0.2) is 36.4 Å². The molecule has 0 bridgehead atoms. The van der Waals surface area contributed by atoms with Gasteiger partial charge in [0.1, 0.15) is 11.5 Å². The lowest BCUT2D eigenvalue weighted by Gasteiger charge is -2.34. The van der Waals surface area contributed by atoms with Crippen LogP contribution in [0.2, 0.25) is 0 Å². The predicted octanol–water partition coefficient (Wildman–Crippen LogP) is 2.84. The average molecular weight is 422 g/mol. The minimum absolute atomic E-state index is 0.0957. The second kappa shape index (κ2) is 9.22. The van der Waals surface area contributed by atoms with Gasteiger partial charge in [-0.3, -0.25) is 4.79 Å². The molecule has 5 rings (SSSR count). The Labute approximate surface area is 183 Å². The third-order valence-corrected chi connectivity index (χ3v) is 6.49. The summed E-state index contributed by atoms with van der Waals surface area (Å²) in [6.45, 7) is 5.47. The van der Waals surface area contributed by atoms with Gasteiger partial charge < -0.3 is 19.9 Å². The molecule has 1 amide bonds. The van der Waals surface area contributed by atoms with E-state index in [1.807, 2.05) is 6.07 Å². The van der Waals surface area contributed by atoms with Crippen LogP contribution in [0.1, 0.15) is 47.7 Å². The van der Waals surface area contributed by atoms with Gasteiger partial charge in [-0.25, -0.2) is 4.98 Å². The lowest BCUT2D eigenvalue weighted by atomic mass is 9.91. The van der Waals surface area contributed by atoms with Gasteiger partial charge in [0.2, 0.25) is 5.95 Å². The Morgan fingerprint density at radius 1 is 1.03 bits per heavy atom. The Bertz CT molecular complexity index is 896. The van der Waals surface area contributed by atoms with Gasteiger partial charge in [0, 0.05) is 44.7 Å². The number of nitrogens with zero attached hydrogens (tertiary/aromatic N) is 4. The van der Waals surface area contributed by atoms with Gasteiger partial charge in [-0.15, -0.1) is 0 Å². The summed E-state index contributed by atoms with van der Waals surface area (Å²) in [6.07, 6.45) is 4.68. The lowest BCUT2D eigenvalue weighted by Crippen LogP contribution is -2.39. The minimum atomic E-state index is -0.0957. The Hall–Kier alpha value is -2.67. The Morgan fingerprint density at radius 2 is 1.84 bits per heavy atom. The number of benzene rings is 1. The molecule has 0 spiro atoms. The average Bonchev–Trinajstić information content (AvgIpc) is 3.68. The van der Waals surface area contributed by atoms with Gasteiger partial charge in [-0.1, -0.05) is 30.3 Å². The summed E-state index contributed by atoms with van der Waals surface area (Å²) < 4.78 is 5.51. The second-order valence-electron chi connectivity index (χ2n) is 8.86. The van der Waals surface area contributed by atoms with Crippen LogP contribution in [0.4, 0.5) is 11.8 Å². The van der Waals surface area contributed by atoms with Crippen molar-refractivity contribution in [1.29, 1.82) is 0 Å². The summed E-state index contributed by atoms with van der Waals surface area (Å²) in [4.78, 5) is 26.9. The fourth-order valence-electron chi connectivity index (χ4n) is 4.44. The van der Waals surface area contributed by atoms with Crippen molar-refractivity contribution < 1.29 is 9.53 Å². The molecule has 1 aromatic heterocycles. The number of nitrogens with one attached hydrogen (secondary N) is 1. The SMILES string of the molecule is O=C(NCC1CC1)c1cc(N2CCOCC2)nc(N2CCC[C@@H](c3ccccc3)C2)n1. The molecule has 0 unspecified atom stereocenters. The molecule has 3 heterocycles. The summed E-state index contributed by atoms with van der Waals surface area (Å²) in [5.74, 6) is 2.49. The van der Waals surface area contributed by atoms with Crippen LogP contribution in [0, 0.1) is 5.92 Å². The molecule has 7 heteroatoms. The molecule has 2 aliphatic heterocycles. The van der Waals surface area contributed by atoms with E-state index in [0.717, 1.165) is 45.0 Å². The van der Waals surface area contributed by atoms with Crippen molar-refractivity contribution in [3.05, 3.63) is 47.7 Å². The van der Waals surface area contributed by atoms with E-state index in [-0.39, 0.29) is 5.91 Å². The van der Waals surface area contributed by atoms with E-state index in [9.17, 15) is 4.79 Å². The number of carbonyl (C=O) groups excluding carboxylic acids is 1. The first-order chi connectivity index (χ1) is 15.3. The molecule has 2 saturated heterocycles. The second-order valence-corrected chi connectivity index (χ2v) is 8.86. The molecule has 3 aliphatic rings. The maximum Gasteiger partial charge on any atom is 0.270 e. The minimum Gasteiger partial charge on any atom is -0.378 e. The first-order valence-corrected chi connectivity index (χ1v) is 11.6. The predicted molar refractivity (Wildman–Crippen MR) is 121 cm³/mol. The Morgan fingerprint density at radius 3 is 2.61 bits per heavy atom. The van der Waals surface area contributed by atoms with E-state index in [4.69, 9.17) is 14.7 Å². The molecule has 3 fully saturated rings. The number of hydrogen-bond donors (Lipinski definition) is 1. The van der Waals surface area contributed by atoms with Crippen LogP contribution in [0.25, 0.3) is 0 Å². The number of hydrogen-bond acceptors (Lipinski definition) is 6. The number of rotatable bonds is 6. The maximum absolute atomic E-state index is 12.9. The molecular formula is C24H31N5O2. The van der Waals surface area contributed by atoms with Gasteiger partial charge in [0.15, 0.2) is 0 Å². The Balaban J connectivity index is 1.40. The molecular weight excluding hydrogens is 390 g/mol. The molecule has 1 aromatic carbocycles. The number of amides is 1. The largest absolute Gasteiger partial charge is 0.378 e. The highest BCUT2D eigenvalue weighted by molar-refractivity contribution is 5.93. The van der Waals surface area contributed by atoms with Crippen LogP contribution in [0.5, 0.6) is 0 Å². The maximum atomic E-state index is 12.9. The summed E-state index contributed by atoms with van der Waals surface area (Å²) in [7, 11) is 0. The van der Waals surface area contributed by atoms with E-state index in [1.54, 1.807) is 0 Å². The zero-order chi connectivity index (χ0) is 21.0. The van der Waals surface area contributed by atoms with Crippen molar-refractivity contribution in [3.63, 3.8) is 0 Å². The van der Waals surface area contributed by atoms with Gasteiger partial charge in [0.25, 0.3) is 5.91 Å². The molecule has 164 valence electrons. The first-order valence-electron chi connectivity index (χ1n) is 11.6. The van der Waals surface area contributed by atoms with Crippen molar-refractivity contribution in [2.75, 3.05) is 55.7 Å². The van der Waals surface area contributed by atoms with Gasteiger partial charge >= 0.3 is 0 Å². The van der Waals surface area contributed by atoms with Crippen molar-refractivity contribution >= 4 is 17.7 Å². The van der Waals surface area contributed by atoms with Crippen LogP contribution < -0.4 is 15.1 Å². The fourth-order valence-corrected chi connectivity index (χ4v) is 4.44. The van der Waals surface area contributed by atoms with Crippen LogP contribution in [-0.2, 0) is 4.74 Å². The summed E-state index contributed by atoms with van der Waals surface area (Å²) in [5.41, 5.74) is 1.83. The molecule has 0 radical (unpaired) electrons. The smallest absolute Gasteiger partial charge is 0.270 e. The normalized spacial score (nSPS) is 21.7. The van der Waals surface area contributed by atoms with Gasteiger partial charge in [-0.05, 0) is 37.2 Å². The topological polar surface area (TPSA) is 70.6 Å². The van der Waals surface area contributed by atoms with E-state index in [2.05, 4.69) is 45.4 Å². The zero-order valence-corrected chi connectivity index (χ0v) is 18.0. The van der Waals surface area contributed by atoms with Gasteiger partial charge in [-0.2, -0.15) is 4.98 Å². The van der Waals surface area contributed by atoms with Crippen LogP contribution >= 0.6 is 0 Å². The highest BCUT2D eigenvalue weighted by Gasteiger charge is 2.27. The molecule has 7 nitrogen and oxygen atoms in total. The summed E-state index contributed by atoms with van der Waals surface area (Å²) >= 11 is 0. The van der Waals surface area contributed by atoms with Crippen molar-refractivity contribution in [1.82, 2.24) is 15.3 Å². The lowest BCUT2D eigenvalue weighted by molar-refractivity contribution is 0.0946. The van der Waals surface area contributed by atoms with Crippen molar-refractivity contribution in [3.8, 4) is 0 Å². The van der Waals surface area contributed by atoms with E-state index >= 15 is 0 Å². The van der Waals surface area contributed by atoms with Crippen molar-refractivity contribution in [2.24, 2.45) is 5.92 Å². The molecule has 1 saturated carbocycles. The monoisotopic (exact) mass is 421 g/mol. The van der Waals surface area contributed by atoms with E-state index in [1.165, 1.54) is 24.8 Å². The number of aromatic nitrogens is 2. The first kappa shape index (κ1) is 20.2. The summed E-state index contributed by atoms with van der Waals surface area (Å²) in [6, 6.07) is 12.5. The molecule has 31 heavy (non-hydrogen) atoms. The number of morpholine rings is 1. The number of ether oxygens (including phenoxy) is 1. The standard InChI is InChI=1S/C24H31N5O2/c30-23(25-16-18-8-9-18)21-15-22(28-11-13-31-14-12-28)27-24(26-21)29-10-4-7-20(17-29)19-5-2-1-3-6-19/h1-3,5-6,15,18,20H,4,7-14,16-17H2,(H,25,30)/t20-/m1/s1. The molecule has 1 atom stereocenters. The molecule has 2 aromatic rings. The third-order valence-electron chi connectivity index (χ3n) is 6.49. The van der Waals surface area contributed by atoms with Gasteiger partial charge in [0.05, 0.1) is 13.2 Å². The van der Waals surface area contributed by atoms with E-state index in [0.29, 0.717) is 36.7 Å². The highest BCUT2D eigenvalue weighted by atomic mass is 16.5. The van der Waals surface area contributed by atoms with Crippen LogP contribution in [-0.4, -0.2) is 61.8 Å². The zero-order valence-electron chi connectivity index (χ0n) is 18.0. The van der Waals surface area contributed by atoms with E-state index < -0.39 is 0 Å². The summed E-state index contributed by atoms with van der Waals surface area (Å²) in [5, 5.41) is 3.06. The quantitative estimate of drug-likeness (QED) is 0.774. The fraction of sp³-hybridized carbons (Fsp3) is 0.542. The Kier molecular flexibility index (Phi) is 6.02. The number of anilines is 2. The third kappa shape index (κ3) is 4.98.